The zero-order valence-electron chi connectivity index (χ0n) is 11.8. The first-order valence-corrected chi connectivity index (χ1v) is 7.25. The first-order valence-electron chi connectivity index (χ1n) is 7.25. The number of quaternary nitrogens is 1. The zero-order valence-corrected chi connectivity index (χ0v) is 11.8. The molecular formula is C16H12F2N2O3. The fraction of sp³-hybridized carbons (Fsp3) is 0.250. The molecule has 118 valence electrons. The maximum Gasteiger partial charge on any atom is 0.390 e. The summed E-state index contributed by atoms with van der Waals surface area (Å²) in [5, 5.41) is 21.3. The largest absolute Gasteiger partial charge is 0.623 e. The average molecular weight is 318 g/mol. The quantitative estimate of drug-likeness (QED) is 0.830. The highest BCUT2D eigenvalue weighted by Gasteiger charge is 2.40. The third-order valence-corrected chi connectivity index (χ3v) is 4.50. The standard InChI is InChI=1S/C16H12F2N2O3/c17-10-4-3-8-13-9(7-1-2-7)5-11(16(21)22)20(23)12(13)6-19-15(8)14(10)18/h3-7,9,20H,1-2H2,(H,21,22). The van der Waals surface area contributed by atoms with Crippen LogP contribution in [0.1, 0.15) is 24.3 Å². The molecule has 1 aliphatic carbocycles. The van der Waals surface area contributed by atoms with Crippen LogP contribution in [0, 0.1) is 22.8 Å². The fourth-order valence-corrected chi connectivity index (χ4v) is 3.25. The van der Waals surface area contributed by atoms with Gasteiger partial charge in [0.05, 0.1) is 6.20 Å². The van der Waals surface area contributed by atoms with E-state index in [0.29, 0.717) is 10.9 Å². The Morgan fingerprint density at radius 1 is 1.35 bits per heavy atom. The molecule has 2 atom stereocenters. The van der Waals surface area contributed by atoms with E-state index in [1.165, 1.54) is 12.1 Å². The van der Waals surface area contributed by atoms with E-state index >= 15 is 0 Å². The second-order valence-corrected chi connectivity index (χ2v) is 5.92. The van der Waals surface area contributed by atoms with Gasteiger partial charge < -0.3 is 15.4 Å². The van der Waals surface area contributed by atoms with E-state index in [1.54, 1.807) is 0 Å². The van der Waals surface area contributed by atoms with Gasteiger partial charge in [0.2, 0.25) is 5.70 Å². The molecule has 5 nitrogen and oxygen atoms in total. The smallest absolute Gasteiger partial charge is 0.390 e. The molecule has 0 bridgehead atoms. The van der Waals surface area contributed by atoms with E-state index < -0.39 is 22.7 Å². The van der Waals surface area contributed by atoms with E-state index in [4.69, 9.17) is 0 Å². The van der Waals surface area contributed by atoms with Gasteiger partial charge in [0.25, 0.3) is 0 Å². The highest BCUT2D eigenvalue weighted by Crippen LogP contribution is 2.48. The van der Waals surface area contributed by atoms with Gasteiger partial charge >= 0.3 is 5.97 Å². The predicted octanol–water partition coefficient (Wildman–Crippen LogP) is 2.00. The van der Waals surface area contributed by atoms with Crippen LogP contribution in [-0.4, -0.2) is 16.1 Å². The summed E-state index contributed by atoms with van der Waals surface area (Å²) in [6.07, 6.45) is 4.43. The van der Waals surface area contributed by atoms with Crippen molar-refractivity contribution in [3.63, 3.8) is 0 Å². The number of aromatic nitrogens is 1. The molecule has 7 heteroatoms. The number of hydroxylamine groups is 1. The molecule has 1 fully saturated rings. The van der Waals surface area contributed by atoms with E-state index in [1.807, 2.05) is 0 Å². The number of nitrogens with one attached hydrogen (secondary N) is 1. The van der Waals surface area contributed by atoms with Crippen LogP contribution < -0.4 is 5.06 Å². The maximum absolute atomic E-state index is 14.0. The molecule has 2 N–H and O–H groups in total. The summed E-state index contributed by atoms with van der Waals surface area (Å²) < 4.78 is 27.4. The molecule has 1 aromatic heterocycles. The van der Waals surface area contributed by atoms with Crippen molar-refractivity contribution in [2.24, 2.45) is 5.92 Å². The highest BCUT2D eigenvalue weighted by molar-refractivity contribution is 5.90. The number of nitrogens with zero attached hydrogens (tertiary/aromatic N) is 1. The summed E-state index contributed by atoms with van der Waals surface area (Å²) in [6, 6.07) is 2.41. The molecule has 1 aromatic carbocycles. The van der Waals surface area contributed by atoms with Crippen LogP contribution in [0.2, 0.25) is 0 Å². The molecule has 23 heavy (non-hydrogen) atoms. The molecule has 2 heterocycles. The van der Waals surface area contributed by atoms with Crippen molar-refractivity contribution in [1.82, 2.24) is 4.98 Å². The lowest BCUT2D eigenvalue weighted by atomic mass is 9.86. The summed E-state index contributed by atoms with van der Waals surface area (Å²) in [5.41, 5.74) is 0.319. The lowest BCUT2D eigenvalue weighted by Crippen LogP contribution is -3.02. The SMILES string of the molecule is O=C(O)C1=CC(C2CC2)c2c(cnc3c(F)c(F)ccc23)[NH+]1[O-]. The van der Waals surface area contributed by atoms with Gasteiger partial charge in [-0.3, -0.25) is 0 Å². The first kappa shape index (κ1) is 14.2. The molecule has 2 aromatic rings. The molecule has 0 amide bonds. The average Bonchev–Trinajstić information content (AvgIpc) is 3.35. The minimum absolute atomic E-state index is 0.130. The summed E-state index contributed by atoms with van der Waals surface area (Å²) >= 11 is 0. The van der Waals surface area contributed by atoms with Gasteiger partial charge in [-0.05, 0) is 37.0 Å². The maximum atomic E-state index is 14.0. The van der Waals surface area contributed by atoms with Gasteiger partial charge in [-0.25, -0.2) is 18.6 Å². The Hall–Kier alpha value is -2.38. The van der Waals surface area contributed by atoms with Crippen molar-refractivity contribution >= 4 is 22.6 Å². The number of fused-ring (bicyclic) bond motifs is 3. The fourth-order valence-electron chi connectivity index (χ4n) is 3.25. The van der Waals surface area contributed by atoms with Crippen LogP contribution in [-0.2, 0) is 4.79 Å². The number of carboxylic acid groups (broad SMARTS) is 1. The molecule has 1 aliphatic heterocycles. The topological polar surface area (TPSA) is 77.7 Å². The van der Waals surface area contributed by atoms with Gasteiger partial charge in [-0.1, -0.05) is 0 Å². The Morgan fingerprint density at radius 3 is 2.74 bits per heavy atom. The number of hydrogen-bond donors (Lipinski definition) is 2. The Bertz CT molecular complexity index is 877. The summed E-state index contributed by atoms with van der Waals surface area (Å²) in [7, 11) is 0. The van der Waals surface area contributed by atoms with Gasteiger partial charge in [0.1, 0.15) is 5.52 Å². The summed E-state index contributed by atoms with van der Waals surface area (Å²) in [6.45, 7) is 0. The lowest BCUT2D eigenvalue weighted by Gasteiger charge is -2.31. The molecule has 2 aliphatic rings. The van der Waals surface area contributed by atoms with Crippen LogP contribution in [0.5, 0.6) is 0 Å². The molecular weight excluding hydrogens is 306 g/mol. The second-order valence-electron chi connectivity index (χ2n) is 5.92. The van der Waals surface area contributed by atoms with E-state index in [9.17, 15) is 23.9 Å². The van der Waals surface area contributed by atoms with Crippen LogP contribution in [0.15, 0.2) is 30.1 Å². The molecule has 4 rings (SSSR count). The van der Waals surface area contributed by atoms with Crippen molar-refractivity contribution in [1.29, 1.82) is 0 Å². The van der Waals surface area contributed by atoms with Gasteiger partial charge in [-0.15, -0.1) is 0 Å². The number of pyridine rings is 1. The van der Waals surface area contributed by atoms with Crippen molar-refractivity contribution in [2.45, 2.75) is 18.8 Å². The van der Waals surface area contributed by atoms with Gasteiger partial charge in [-0.2, -0.15) is 0 Å². The summed E-state index contributed by atoms with van der Waals surface area (Å²) in [5.74, 6) is -3.41. The van der Waals surface area contributed by atoms with Crippen molar-refractivity contribution in [3.8, 4) is 0 Å². The summed E-state index contributed by atoms with van der Waals surface area (Å²) in [4.78, 5) is 15.2. The monoisotopic (exact) mass is 318 g/mol. The number of carboxylic acids is 1. The van der Waals surface area contributed by atoms with E-state index in [0.717, 1.165) is 25.1 Å². The second kappa shape index (κ2) is 4.81. The predicted molar refractivity (Wildman–Crippen MR) is 76.8 cm³/mol. The number of hydrogen-bond acceptors (Lipinski definition) is 3. The van der Waals surface area contributed by atoms with Crippen molar-refractivity contribution < 1.29 is 23.7 Å². The van der Waals surface area contributed by atoms with E-state index in [2.05, 4.69) is 4.98 Å². The lowest BCUT2D eigenvalue weighted by molar-refractivity contribution is -0.728. The highest BCUT2D eigenvalue weighted by atomic mass is 19.2. The van der Waals surface area contributed by atoms with Gasteiger partial charge in [0.15, 0.2) is 17.3 Å². The Balaban J connectivity index is 2.02. The van der Waals surface area contributed by atoms with Crippen LogP contribution >= 0.6 is 0 Å². The number of rotatable bonds is 2. The molecule has 0 saturated heterocycles. The van der Waals surface area contributed by atoms with Gasteiger partial charge in [0, 0.05) is 16.9 Å². The number of benzene rings is 1. The number of halogens is 2. The Kier molecular flexibility index (Phi) is 2.97. The number of allylic oxidation sites excluding steroid dienone is 1. The van der Waals surface area contributed by atoms with Crippen molar-refractivity contribution in [2.75, 3.05) is 0 Å². The minimum atomic E-state index is -1.28. The molecule has 0 radical (unpaired) electrons. The number of carbonyl (C=O) groups is 1. The molecule has 0 spiro atoms. The minimum Gasteiger partial charge on any atom is -0.623 e. The third kappa shape index (κ3) is 2.04. The normalized spacial score (nSPS) is 23.5. The van der Waals surface area contributed by atoms with Crippen LogP contribution in [0.25, 0.3) is 10.9 Å². The Morgan fingerprint density at radius 2 is 2.09 bits per heavy atom. The zero-order chi connectivity index (χ0) is 16.3. The van der Waals surface area contributed by atoms with Crippen LogP contribution in [0.4, 0.5) is 14.5 Å². The number of aliphatic carboxylic acids is 1. The Labute approximate surface area is 129 Å². The van der Waals surface area contributed by atoms with E-state index in [-0.39, 0.29) is 28.7 Å². The van der Waals surface area contributed by atoms with Crippen molar-refractivity contribution in [3.05, 3.63) is 52.5 Å². The molecule has 1 saturated carbocycles. The van der Waals surface area contributed by atoms with Crippen LogP contribution in [0.3, 0.4) is 0 Å². The first-order chi connectivity index (χ1) is 11.0. The third-order valence-electron chi connectivity index (χ3n) is 4.50. The molecule has 2 unspecified atom stereocenters.